The van der Waals surface area contributed by atoms with E-state index >= 15 is 0 Å². The Kier molecular flexibility index (Phi) is 3.49. The smallest absolute Gasteiger partial charge is 0.115 e. The zero-order valence-electron chi connectivity index (χ0n) is 8.31. The van der Waals surface area contributed by atoms with Crippen molar-refractivity contribution >= 4 is 6.08 Å². The Bertz CT molecular complexity index is 446. The number of nitrogens with zero attached hydrogens (tertiary/aromatic N) is 2. The molecular weight excluding hydrogens is 188 g/mol. The van der Waals surface area contributed by atoms with Gasteiger partial charge in [0.1, 0.15) is 5.75 Å². The number of hydrogen-bond acceptors (Lipinski definition) is 3. The molecule has 0 aliphatic carbocycles. The molecular formula is C12H10N2O. The zero-order chi connectivity index (χ0) is 11.3. The van der Waals surface area contributed by atoms with E-state index in [1.807, 2.05) is 12.1 Å². The van der Waals surface area contributed by atoms with E-state index in [0.29, 0.717) is 5.57 Å². The lowest BCUT2D eigenvalue weighted by Crippen LogP contribution is -1.92. The molecule has 15 heavy (non-hydrogen) atoms. The van der Waals surface area contributed by atoms with Crippen LogP contribution in [0.1, 0.15) is 12.5 Å². The SMILES string of the molecule is CC(C#N)/C(C#N)=C/c1ccc(O)cc1. The molecule has 74 valence electrons. The van der Waals surface area contributed by atoms with Crippen molar-refractivity contribution in [3.63, 3.8) is 0 Å². The maximum absolute atomic E-state index is 9.07. The molecule has 1 N–H and O–H groups in total. The van der Waals surface area contributed by atoms with E-state index in [1.165, 1.54) is 12.1 Å². The van der Waals surface area contributed by atoms with E-state index in [9.17, 15) is 0 Å². The molecule has 0 radical (unpaired) electrons. The third-order valence-corrected chi connectivity index (χ3v) is 2.00. The van der Waals surface area contributed by atoms with Crippen LogP contribution >= 0.6 is 0 Å². The molecule has 0 saturated heterocycles. The summed E-state index contributed by atoms with van der Waals surface area (Å²) in [5.41, 5.74) is 1.22. The standard InChI is InChI=1S/C12H10N2O/c1-9(7-13)11(8-14)6-10-2-4-12(15)5-3-10/h2-6,9,15H,1H3/b11-6+. The van der Waals surface area contributed by atoms with Crippen LogP contribution in [0.25, 0.3) is 6.08 Å². The predicted molar refractivity (Wildman–Crippen MR) is 56.5 cm³/mol. The quantitative estimate of drug-likeness (QED) is 0.742. The summed E-state index contributed by atoms with van der Waals surface area (Å²) in [5, 5.41) is 26.6. The highest BCUT2D eigenvalue weighted by molar-refractivity contribution is 5.59. The summed E-state index contributed by atoms with van der Waals surface area (Å²) in [7, 11) is 0. The Balaban J connectivity index is 3.01. The lowest BCUT2D eigenvalue weighted by atomic mass is 10.0. The summed E-state index contributed by atoms with van der Waals surface area (Å²) >= 11 is 0. The van der Waals surface area contributed by atoms with Gasteiger partial charge >= 0.3 is 0 Å². The summed E-state index contributed by atoms with van der Waals surface area (Å²) in [5.74, 6) is -0.234. The average Bonchev–Trinajstić information content (AvgIpc) is 2.27. The first-order valence-electron chi connectivity index (χ1n) is 4.47. The number of nitriles is 2. The largest absolute Gasteiger partial charge is 0.508 e. The lowest BCUT2D eigenvalue weighted by molar-refractivity contribution is 0.475. The monoisotopic (exact) mass is 198 g/mol. The number of phenols is 1. The van der Waals surface area contributed by atoms with Crippen LogP contribution in [0.4, 0.5) is 0 Å². The number of aromatic hydroxyl groups is 1. The van der Waals surface area contributed by atoms with E-state index in [4.69, 9.17) is 15.6 Å². The van der Waals surface area contributed by atoms with E-state index in [1.54, 1.807) is 25.1 Å². The summed E-state index contributed by atoms with van der Waals surface area (Å²) < 4.78 is 0. The van der Waals surface area contributed by atoms with Gasteiger partial charge in [-0.2, -0.15) is 10.5 Å². The van der Waals surface area contributed by atoms with E-state index in [0.717, 1.165) is 5.56 Å². The van der Waals surface area contributed by atoms with Crippen molar-refractivity contribution in [1.29, 1.82) is 10.5 Å². The van der Waals surface area contributed by atoms with Crippen LogP contribution < -0.4 is 0 Å². The molecule has 1 unspecified atom stereocenters. The molecule has 0 aromatic heterocycles. The Hall–Kier alpha value is -2.26. The third-order valence-electron chi connectivity index (χ3n) is 2.00. The van der Waals surface area contributed by atoms with Crippen molar-refractivity contribution in [3.05, 3.63) is 35.4 Å². The topological polar surface area (TPSA) is 67.8 Å². The van der Waals surface area contributed by atoms with Gasteiger partial charge < -0.3 is 5.11 Å². The molecule has 1 atom stereocenters. The normalized spacial score (nSPS) is 12.6. The Morgan fingerprint density at radius 3 is 2.40 bits per heavy atom. The molecule has 3 nitrogen and oxygen atoms in total. The van der Waals surface area contributed by atoms with Gasteiger partial charge in [-0.1, -0.05) is 12.1 Å². The fourth-order valence-corrected chi connectivity index (χ4v) is 1.07. The Morgan fingerprint density at radius 1 is 1.33 bits per heavy atom. The first-order chi connectivity index (χ1) is 7.17. The molecule has 0 heterocycles. The number of allylic oxidation sites excluding steroid dienone is 1. The molecule has 0 bridgehead atoms. The number of hydrogen-bond donors (Lipinski definition) is 1. The van der Waals surface area contributed by atoms with Crippen molar-refractivity contribution in [3.8, 4) is 17.9 Å². The van der Waals surface area contributed by atoms with Crippen molar-refractivity contribution in [2.75, 3.05) is 0 Å². The minimum absolute atomic E-state index is 0.180. The number of benzene rings is 1. The number of rotatable bonds is 2. The highest BCUT2D eigenvalue weighted by Crippen LogP contribution is 2.16. The molecule has 1 rings (SSSR count). The van der Waals surface area contributed by atoms with Crippen LogP contribution in [0.3, 0.4) is 0 Å². The fourth-order valence-electron chi connectivity index (χ4n) is 1.07. The van der Waals surface area contributed by atoms with E-state index in [-0.39, 0.29) is 5.75 Å². The van der Waals surface area contributed by atoms with Crippen LogP contribution in [0.15, 0.2) is 29.8 Å². The van der Waals surface area contributed by atoms with Gasteiger partial charge in [0, 0.05) is 5.57 Å². The molecule has 0 aliphatic rings. The predicted octanol–water partition coefficient (Wildman–Crippen LogP) is 2.46. The second-order valence-corrected chi connectivity index (χ2v) is 3.15. The fraction of sp³-hybridized carbons (Fsp3) is 0.167. The maximum Gasteiger partial charge on any atom is 0.115 e. The molecule has 0 fully saturated rings. The van der Waals surface area contributed by atoms with Crippen LogP contribution in [-0.2, 0) is 0 Å². The zero-order valence-corrected chi connectivity index (χ0v) is 8.31. The van der Waals surface area contributed by atoms with Crippen molar-refractivity contribution in [2.24, 2.45) is 5.92 Å². The molecule has 1 aromatic carbocycles. The van der Waals surface area contributed by atoms with Gasteiger partial charge in [-0.05, 0) is 30.7 Å². The van der Waals surface area contributed by atoms with Crippen molar-refractivity contribution in [2.45, 2.75) is 6.92 Å². The van der Waals surface area contributed by atoms with Gasteiger partial charge in [-0.25, -0.2) is 0 Å². The lowest BCUT2D eigenvalue weighted by Gasteiger charge is -2.00. The second-order valence-electron chi connectivity index (χ2n) is 3.15. The van der Waals surface area contributed by atoms with Gasteiger partial charge in [0.15, 0.2) is 0 Å². The summed E-state index contributed by atoms with van der Waals surface area (Å²) in [6, 6.07) is 10.5. The summed E-state index contributed by atoms with van der Waals surface area (Å²) in [6.45, 7) is 1.68. The van der Waals surface area contributed by atoms with Crippen molar-refractivity contribution in [1.82, 2.24) is 0 Å². The van der Waals surface area contributed by atoms with Gasteiger partial charge in [0.2, 0.25) is 0 Å². The van der Waals surface area contributed by atoms with Gasteiger partial charge in [0.05, 0.1) is 18.1 Å². The molecule has 0 spiro atoms. The van der Waals surface area contributed by atoms with Crippen LogP contribution in [0.2, 0.25) is 0 Å². The second kappa shape index (κ2) is 4.83. The van der Waals surface area contributed by atoms with Gasteiger partial charge in [-0.3, -0.25) is 0 Å². The van der Waals surface area contributed by atoms with E-state index in [2.05, 4.69) is 0 Å². The Labute approximate surface area is 88.5 Å². The highest BCUT2D eigenvalue weighted by atomic mass is 16.3. The van der Waals surface area contributed by atoms with Gasteiger partial charge in [0.25, 0.3) is 0 Å². The first kappa shape index (κ1) is 10.8. The molecule has 0 aliphatic heterocycles. The van der Waals surface area contributed by atoms with E-state index < -0.39 is 5.92 Å². The molecule has 0 saturated carbocycles. The Morgan fingerprint density at radius 2 is 1.93 bits per heavy atom. The summed E-state index contributed by atoms with van der Waals surface area (Å²) in [6.07, 6.45) is 1.65. The molecule has 3 heteroatoms. The highest BCUT2D eigenvalue weighted by Gasteiger charge is 2.06. The first-order valence-corrected chi connectivity index (χ1v) is 4.47. The third kappa shape index (κ3) is 2.86. The van der Waals surface area contributed by atoms with Gasteiger partial charge in [-0.15, -0.1) is 0 Å². The van der Waals surface area contributed by atoms with Crippen LogP contribution in [-0.4, -0.2) is 5.11 Å². The average molecular weight is 198 g/mol. The molecule has 1 aromatic rings. The molecule has 0 amide bonds. The summed E-state index contributed by atoms with van der Waals surface area (Å²) in [4.78, 5) is 0. The maximum atomic E-state index is 9.07. The minimum Gasteiger partial charge on any atom is -0.508 e. The minimum atomic E-state index is -0.413. The van der Waals surface area contributed by atoms with Crippen LogP contribution in [0, 0.1) is 28.6 Å². The van der Waals surface area contributed by atoms with Crippen LogP contribution in [0.5, 0.6) is 5.75 Å². The van der Waals surface area contributed by atoms with Crippen molar-refractivity contribution < 1.29 is 5.11 Å². The number of phenolic OH excluding ortho intramolecular Hbond substituents is 1.